The van der Waals surface area contributed by atoms with Gasteiger partial charge in [0.1, 0.15) is 12.4 Å². The van der Waals surface area contributed by atoms with Crippen LogP contribution >= 0.6 is 11.8 Å². The second kappa shape index (κ2) is 8.53. The van der Waals surface area contributed by atoms with Gasteiger partial charge in [0.2, 0.25) is 10.0 Å². The third kappa shape index (κ3) is 4.75. The first-order valence-corrected chi connectivity index (χ1v) is 10.7. The van der Waals surface area contributed by atoms with Gasteiger partial charge in [0.15, 0.2) is 5.78 Å². The number of carbonyl (C=O) groups excluding carboxylic acids is 1. The highest BCUT2D eigenvalue weighted by molar-refractivity contribution is 7.99. The zero-order chi connectivity index (χ0) is 18.6. The van der Waals surface area contributed by atoms with Crippen molar-refractivity contribution in [2.75, 3.05) is 38.4 Å². The lowest BCUT2D eigenvalue weighted by molar-refractivity contribution is -0.121. The van der Waals surface area contributed by atoms with E-state index in [0.717, 1.165) is 5.75 Å². The molecule has 0 saturated carbocycles. The number of carbonyl (C=O) groups is 1. The van der Waals surface area contributed by atoms with Crippen LogP contribution in [0.1, 0.15) is 18.1 Å². The normalized spacial score (nSPS) is 19.0. The molecule has 0 N–H and O–H groups in total. The summed E-state index contributed by atoms with van der Waals surface area (Å²) in [5.41, 5.74) is 1.33. The summed E-state index contributed by atoms with van der Waals surface area (Å²) < 4.78 is 38.7. The minimum Gasteiger partial charge on any atom is -0.497 e. The number of rotatable bonds is 7. The van der Waals surface area contributed by atoms with Gasteiger partial charge in [-0.1, -0.05) is 0 Å². The molecule has 0 spiro atoms. The van der Waals surface area contributed by atoms with Gasteiger partial charge in [-0.2, -0.15) is 16.1 Å². The second-order valence-corrected chi connectivity index (χ2v) is 9.13. The zero-order valence-electron chi connectivity index (χ0n) is 15.1. The average molecular weight is 388 g/mol. The van der Waals surface area contributed by atoms with Gasteiger partial charge in [-0.05, 0) is 44.0 Å². The first kappa shape index (κ1) is 20.2. The Bertz CT molecular complexity index is 710. The van der Waals surface area contributed by atoms with E-state index in [1.165, 1.54) is 11.2 Å². The predicted molar refractivity (Wildman–Crippen MR) is 99.0 cm³/mol. The Morgan fingerprint density at radius 3 is 2.52 bits per heavy atom. The van der Waals surface area contributed by atoms with Gasteiger partial charge in [0.25, 0.3) is 0 Å². The Balaban J connectivity index is 2.31. The highest BCUT2D eigenvalue weighted by Gasteiger charge is 2.35. The molecule has 1 aliphatic heterocycles. The molecule has 1 fully saturated rings. The van der Waals surface area contributed by atoms with Gasteiger partial charge in [-0.15, -0.1) is 0 Å². The highest BCUT2D eigenvalue weighted by Crippen LogP contribution is 2.31. The number of nitrogens with zero attached hydrogens (tertiary/aromatic N) is 1. The first-order valence-electron chi connectivity index (χ1n) is 8.09. The summed E-state index contributed by atoms with van der Waals surface area (Å²) in [4.78, 5) is 11.4. The molecule has 140 valence electrons. The standard InChI is InChI=1S/C17H25NO5S2/c1-12-7-16(22-4)8-13(2)17(12)25(20,21)18-5-6-24-11-15(18)10-23-9-14(3)19/h7-8,15H,5-6,9-11H2,1-4H3. The lowest BCUT2D eigenvalue weighted by Crippen LogP contribution is -2.48. The molecule has 1 atom stereocenters. The molecule has 1 aromatic carbocycles. The summed E-state index contributed by atoms with van der Waals surface area (Å²) in [6.07, 6.45) is 0. The van der Waals surface area contributed by atoms with Crippen LogP contribution in [0.25, 0.3) is 0 Å². The van der Waals surface area contributed by atoms with Crippen molar-refractivity contribution in [2.24, 2.45) is 0 Å². The van der Waals surface area contributed by atoms with Gasteiger partial charge < -0.3 is 9.47 Å². The number of thioether (sulfide) groups is 1. The van der Waals surface area contributed by atoms with E-state index >= 15 is 0 Å². The minimum atomic E-state index is -3.65. The van der Waals surface area contributed by atoms with Crippen molar-refractivity contribution in [2.45, 2.75) is 31.7 Å². The molecule has 6 nitrogen and oxygen atoms in total. The number of ketones is 1. The topological polar surface area (TPSA) is 72.9 Å². The number of methoxy groups -OCH3 is 1. The van der Waals surface area contributed by atoms with Crippen LogP contribution in [0.3, 0.4) is 0 Å². The second-order valence-electron chi connectivity index (χ2n) is 6.15. The third-order valence-electron chi connectivity index (χ3n) is 4.03. The third-order valence-corrected chi connectivity index (χ3v) is 7.38. The zero-order valence-corrected chi connectivity index (χ0v) is 16.7. The SMILES string of the molecule is COc1cc(C)c(S(=O)(=O)N2CCSCC2COCC(C)=O)c(C)c1. The lowest BCUT2D eigenvalue weighted by Gasteiger charge is -2.34. The molecule has 0 aliphatic carbocycles. The molecule has 0 aromatic heterocycles. The molecule has 1 heterocycles. The lowest BCUT2D eigenvalue weighted by atomic mass is 10.1. The van der Waals surface area contributed by atoms with Gasteiger partial charge in [-0.3, -0.25) is 4.79 Å². The van der Waals surface area contributed by atoms with E-state index in [-0.39, 0.29) is 25.0 Å². The molecule has 1 aliphatic rings. The maximum atomic E-state index is 13.3. The molecule has 1 aromatic rings. The van der Waals surface area contributed by atoms with Crippen LogP contribution < -0.4 is 4.74 Å². The fourth-order valence-corrected chi connectivity index (χ4v) is 6.25. The average Bonchev–Trinajstić information content (AvgIpc) is 2.53. The Kier molecular flexibility index (Phi) is 6.90. The number of sulfonamides is 1. The molecule has 25 heavy (non-hydrogen) atoms. The molecule has 1 unspecified atom stereocenters. The van der Waals surface area contributed by atoms with Crippen molar-refractivity contribution >= 4 is 27.6 Å². The van der Waals surface area contributed by atoms with Crippen molar-refractivity contribution in [1.82, 2.24) is 4.31 Å². The van der Waals surface area contributed by atoms with E-state index < -0.39 is 10.0 Å². The summed E-state index contributed by atoms with van der Waals surface area (Å²) in [6, 6.07) is 3.20. The largest absolute Gasteiger partial charge is 0.497 e. The summed E-state index contributed by atoms with van der Waals surface area (Å²) in [5, 5.41) is 0. The molecular formula is C17H25NO5S2. The van der Waals surface area contributed by atoms with Crippen LogP contribution in [0.2, 0.25) is 0 Å². The van der Waals surface area contributed by atoms with E-state index in [4.69, 9.17) is 9.47 Å². The number of hydrogen-bond donors (Lipinski definition) is 0. The Hall–Kier alpha value is -1.09. The Labute approximate surface area is 153 Å². The van der Waals surface area contributed by atoms with Gasteiger partial charge >= 0.3 is 0 Å². The first-order chi connectivity index (χ1) is 11.8. The van der Waals surface area contributed by atoms with Crippen molar-refractivity contribution in [3.63, 3.8) is 0 Å². The Morgan fingerprint density at radius 1 is 1.32 bits per heavy atom. The van der Waals surface area contributed by atoms with Crippen LogP contribution in [0, 0.1) is 13.8 Å². The molecular weight excluding hydrogens is 362 g/mol. The summed E-state index contributed by atoms with van der Waals surface area (Å²) in [7, 11) is -2.09. The summed E-state index contributed by atoms with van der Waals surface area (Å²) >= 11 is 1.70. The van der Waals surface area contributed by atoms with E-state index in [2.05, 4.69) is 0 Å². The van der Waals surface area contributed by atoms with E-state index in [1.807, 2.05) is 0 Å². The maximum absolute atomic E-state index is 13.3. The van der Waals surface area contributed by atoms with Crippen LogP contribution in [0.4, 0.5) is 0 Å². The van der Waals surface area contributed by atoms with Gasteiger partial charge in [0, 0.05) is 18.1 Å². The smallest absolute Gasteiger partial charge is 0.243 e. The number of aryl methyl sites for hydroxylation is 2. The van der Waals surface area contributed by atoms with Gasteiger partial charge in [0.05, 0.1) is 24.7 Å². The summed E-state index contributed by atoms with van der Waals surface area (Å²) in [5.74, 6) is 1.98. The predicted octanol–water partition coefficient (Wildman–Crippen LogP) is 2.02. The molecule has 0 radical (unpaired) electrons. The fourth-order valence-electron chi connectivity index (χ4n) is 2.98. The van der Waals surface area contributed by atoms with Crippen LogP contribution in [-0.2, 0) is 19.6 Å². The molecule has 1 saturated heterocycles. The Morgan fingerprint density at radius 2 is 1.96 bits per heavy atom. The monoisotopic (exact) mass is 387 g/mol. The quantitative estimate of drug-likeness (QED) is 0.713. The maximum Gasteiger partial charge on any atom is 0.243 e. The number of ether oxygens (including phenoxy) is 2. The minimum absolute atomic E-state index is 0.00957. The van der Waals surface area contributed by atoms with Crippen molar-refractivity contribution in [3.8, 4) is 5.75 Å². The molecule has 8 heteroatoms. The van der Waals surface area contributed by atoms with Crippen LogP contribution in [-0.4, -0.2) is 62.9 Å². The highest BCUT2D eigenvalue weighted by atomic mass is 32.2. The van der Waals surface area contributed by atoms with Crippen LogP contribution in [0.15, 0.2) is 17.0 Å². The van der Waals surface area contributed by atoms with Crippen molar-refractivity contribution < 1.29 is 22.7 Å². The molecule has 0 amide bonds. The van der Waals surface area contributed by atoms with Crippen LogP contribution in [0.5, 0.6) is 5.75 Å². The van der Waals surface area contributed by atoms with Crippen molar-refractivity contribution in [3.05, 3.63) is 23.3 Å². The molecule has 0 bridgehead atoms. The number of Topliss-reactive ketones (excluding diaryl/α,β-unsaturated/α-hetero) is 1. The fraction of sp³-hybridized carbons (Fsp3) is 0.588. The van der Waals surface area contributed by atoms with Gasteiger partial charge in [-0.25, -0.2) is 8.42 Å². The van der Waals surface area contributed by atoms with Crippen molar-refractivity contribution in [1.29, 1.82) is 0 Å². The molecule has 2 rings (SSSR count). The number of benzene rings is 1. The van der Waals surface area contributed by atoms with E-state index in [0.29, 0.717) is 34.1 Å². The van der Waals surface area contributed by atoms with E-state index in [1.54, 1.807) is 44.9 Å². The summed E-state index contributed by atoms with van der Waals surface area (Å²) in [6.45, 7) is 5.68. The van der Waals surface area contributed by atoms with E-state index in [9.17, 15) is 13.2 Å². The number of hydrogen-bond acceptors (Lipinski definition) is 6.